The van der Waals surface area contributed by atoms with Crippen LogP contribution in [0.5, 0.6) is 5.75 Å². The highest BCUT2D eigenvalue weighted by atomic mass is 32.2. The lowest BCUT2D eigenvalue weighted by molar-refractivity contribution is -0.149. The molecule has 0 radical (unpaired) electrons. The van der Waals surface area contributed by atoms with Crippen LogP contribution in [0.15, 0.2) is 91.1 Å². The van der Waals surface area contributed by atoms with Gasteiger partial charge in [-0.3, -0.25) is 48.1 Å². The van der Waals surface area contributed by atoms with Gasteiger partial charge in [0, 0.05) is 77.4 Å². The molecule has 8 N–H and O–H groups in total. The van der Waals surface area contributed by atoms with Gasteiger partial charge < -0.3 is 51.8 Å². The van der Waals surface area contributed by atoms with E-state index in [0.717, 1.165) is 35.2 Å². The molecule has 5 rings (SSSR count). The van der Waals surface area contributed by atoms with Crippen molar-refractivity contribution in [2.75, 3.05) is 47.0 Å². The van der Waals surface area contributed by atoms with Gasteiger partial charge in [-0.25, -0.2) is 4.39 Å². The molecule has 0 saturated carbocycles. The number of H-pyrrole nitrogens is 1. The first-order chi connectivity index (χ1) is 38.2. The van der Waals surface area contributed by atoms with Crippen molar-refractivity contribution in [3.05, 3.63) is 130 Å². The number of benzene rings is 3. The molecule has 8 amide bonds. The van der Waals surface area contributed by atoms with E-state index in [-0.39, 0.29) is 62.8 Å². The second-order valence-corrected chi connectivity index (χ2v) is 20.7. The number of aromatic nitrogens is 1. The SMILES string of the molecule is C/C=C\c1[nH]cc(C[C@H](NC(=O)[C@H](Cc2ccc(O)c(F)c2)NC(=O)[C@H](Cc2ccccc2)N(C)C(=O)[C@H](CSC=O)N(C)CC)C(=O)N(C)[C@@H](Cc2ccccc2)C(=O)N2CCC[C@H]2C(=O)N[C@@H](CCC(N)=O)C(=O)NC)c1C. The first kappa shape index (κ1) is 63.0. The highest BCUT2D eigenvalue weighted by Crippen LogP contribution is 2.25. The molecule has 3 aromatic carbocycles. The van der Waals surface area contributed by atoms with Crippen molar-refractivity contribution >= 4 is 70.7 Å². The number of hydrogen-bond acceptors (Lipinski definition) is 12. The third kappa shape index (κ3) is 17.1. The molecule has 20 nitrogen and oxygen atoms in total. The zero-order chi connectivity index (χ0) is 58.6. The number of hydrogen-bond donors (Lipinski definition) is 7. The number of carbonyl (C=O) groups is 9. The van der Waals surface area contributed by atoms with E-state index in [1.807, 2.05) is 32.9 Å². The summed E-state index contributed by atoms with van der Waals surface area (Å²) < 4.78 is 15.0. The predicted molar refractivity (Wildman–Crippen MR) is 303 cm³/mol. The number of phenolic OH excluding ortho intramolecular Hbond substituents is 1. The highest BCUT2D eigenvalue weighted by Gasteiger charge is 2.43. The van der Waals surface area contributed by atoms with Crippen LogP contribution in [0, 0.1) is 12.7 Å². The van der Waals surface area contributed by atoms with Gasteiger partial charge in [-0.05, 0) is 92.7 Å². The average Bonchev–Trinajstić information content (AvgIpc) is 4.09. The van der Waals surface area contributed by atoms with E-state index in [2.05, 4.69) is 26.3 Å². The molecular formula is C58H75FN10O10S. The maximum atomic E-state index is 15.5. The first-order valence-corrected chi connectivity index (χ1v) is 27.6. The fraction of sp³-hybridized carbons (Fsp3) is 0.431. The Morgan fingerprint density at radius 2 is 1.43 bits per heavy atom. The van der Waals surface area contributed by atoms with Crippen LogP contribution in [-0.4, -0.2) is 172 Å². The second-order valence-electron chi connectivity index (χ2n) is 19.9. The molecule has 7 atom stereocenters. The van der Waals surface area contributed by atoms with Gasteiger partial charge in [-0.2, -0.15) is 0 Å². The number of thioether (sulfide) groups is 1. The molecule has 0 spiro atoms. The van der Waals surface area contributed by atoms with Crippen molar-refractivity contribution in [1.29, 1.82) is 0 Å². The van der Waals surface area contributed by atoms with Gasteiger partial charge in [0.15, 0.2) is 17.2 Å². The number of likely N-dealkylation sites (N-methyl/N-ethyl adjacent to an activating group) is 4. The number of primary amides is 1. The molecule has 0 unspecified atom stereocenters. The van der Waals surface area contributed by atoms with Crippen LogP contribution in [0.4, 0.5) is 4.39 Å². The fourth-order valence-corrected chi connectivity index (χ4v) is 10.3. The van der Waals surface area contributed by atoms with Crippen molar-refractivity contribution < 1.29 is 52.6 Å². The Balaban J connectivity index is 1.57. The lowest BCUT2D eigenvalue weighted by Crippen LogP contribution is -2.61. The van der Waals surface area contributed by atoms with E-state index >= 15 is 18.8 Å². The van der Waals surface area contributed by atoms with E-state index in [9.17, 15) is 33.9 Å². The quantitative estimate of drug-likeness (QED) is 0.0387. The minimum Gasteiger partial charge on any atom is -0.505 e. The Labute approximate surface area is 470 Å². The molecule has 22 heteroatoms. The van der Waals surface area contributed by atoms with Gasteiger partial charge in [-0.1, -0.05) is 91.5 Å². The Morgan fingerprint density at radius 3 is 2.01 bits per heavy atom. The van der Waals surface area contributed by atoms with Crippen LogP contribution in [-0.2, 0) is 68.8 Å². The van der Waals surface area contributed by atoms with E-state index < -0.39 is 101 Å². The summed E-state index contributed by atoms with van der Waals surface area (Å²) in [5, 5.41) is 21.0. The van der Waals surface area contributed by atoms with Gasteiger partial charge >= 0.3 is 0 Å². The topological polar surface area (TPSA) is 277 Å². The predicted octanol–water partition coefficient (Wildman–Crippen LogP) is 2.83. The maximum absolute atomic E-state index is 15.5. The number of aromatic hydroxyl groups is 1. The summed E-state index contributed by atoms with van der Waals surface area (Å²) in [4.78, 5) is 134. The molecule has 80 heavy (non-hydrogen) atoms. The van der Waals surface area contributed by atoms with E-state index in [1.165, 1.54) is 41.9 Å². The standard InChI is InChI=1S/C58H75FN10O10S/c1-8-17-42-36(3)40(33-62-42)32-45(56(77)68(7)48(31-38-20-14-11-15-21-38)58(79)69-27-16-22-46(69)54(75)63-43(52(73)61-4)24-26-51(60)72)65-53(74)44(29-39-23-25-50(71)41(59)28-39)64-55(76)47(30-37-18-12-10-13-19-37)67(6)57(78)49(34-80-35-70)66(5)9-2/h8,10-15,17-21,23,25,28,33,35,43-49,62,71H,9,16,22,24,26-27,29-32,34H2,1-7H3,(H2,60,72)(H,61,73)(H,63,75)(H,64,76)(H,65,74)/b17-8-/t43-,44-,45-,46-,47-,48-,49-/m0/s1. The summed E-state index contributed by atoms with van der Waals surface area (Å²) in [7, 11) is 6.00. The molecule has 1 fully saturated rings. The number of nitrogens with one attached hydrogen (secondary N) is 5. The number of phenols is 1. The number of rotatable bonds is 29. The molecule has 1 aromatic heterocycles. The minimum absolute atomic E-state index is 0.00595. The molecule has 0 aliphatic carbocycles. The summed E-state index contributed by atoms with van der Waals surface area (Å²) in [5.74, 6) is -6.85. The third-order valence-electron chi connectivity index (χ3n) is 14.5. The molecule has 1 saturated heterocycles. The summed E-state index contributed by atoms with van der Waals surface area (Å²) in [6.45, 7) is 6.10. The fourth-order valence-electron chi connectivity index (χ4n) is 9.68. The van der Waals surface area contributed by atoms with Gasteiger partial charge in [0.1, 0.15) is 36.3 Å². The van der Waals surface area contributed by atoms with Gasteiger partial charge in [0.2, 0.25) is 47.3 Å². The summed E-state index contributed by atoms with van der Waals surface area (Å²) in [6, 6.07) is 12.8. The number of amides is 8. The Morgan fingerprint density at radius 1 is 0.800 bits per heavy atom. The Bertz CT molecular complexity index is 2840. The molecule has 4 aromatic rings. The molecule has 430 valence electrons. The number of aromatic amines is 1. The van der Waals surface area contributed by atoms with Crippen LogP contribution in [0.2, 0.25) is 0 Å². The normalized spacial score (nSPS) is 15.5. The lowest BCUT2D eigenvalue weighted by atomic mass is 9.98. The Hall–Kier alpha value is -7.85. The zero-order valence-electron chi connectivity index (χ0n) is 46.4. The van der Waals surface area contributed by atoms with Gasteiger partial charge in [0.25, 0.3) is 0 Å². The van der Waals surface area contributed by atoms with E-state index in [0.29, 0.717) is 35.3 Å². The van der Waals surface area contributed by atoms with E-state index in [4.69, 9.17) is 5.73 Å². The van der Waals surface area contributed by atoms with Crippen LogP contribution >= 0.6 is 11.8 Å². The smallest absolute Gasteiger partial charge is 0.246 e. The Kier molecular flexibility index (Phi) is 24.0. The van der Waals surface area contributed by atoms with Crippen molar-refractivity contribution in [2.24, 2.45) is 5.73 Å². The molecule has 2 heterocycles. The van der Waals surface area contributed by atoms with Crippen LogP contribution in [0.3, 0.4) is 0 Å². The van der Waals surface area contributed by atoms with Crippen molar-refractivity contribution in [3.63, 3.8) is 0 Å². The van der Waals surface area contributed by atoms with Gasteiger partial charge in [-0.15, -0.1) is 0 Å². The second kappa shape index (κ2) is 30.5. The number of likely N-dealkylation sites (tertiary alicyclic amines) is 1. The monoisotopic (exact) mass is 1120 g/mol. The molecule has 1 aliphatic heterocycles. The molecule has 1 aliphatic rings. The number of halogens is 1. The number of nitrogens with zero attached hydrogens (tertiary/aromatic N) is 4. The summed E-state index contributed by atoms with van der Waals surface area (Å²) in [5.41, 5.74) is 9.64. The maximum Gasteiger partial charge on any atom is 0.246 e. The largest absolute Gasteiger partial charge is 0.505 e. The van der Waals surface area contributed by atoms with Crippen LogP contribution < -0.4 is 27.0 Å². The number of allylic oxidation sites excluding steroid dienone is 1. The van der Waals surface area contributed by atoms with Crippen molar-refractivity contribution in [3.8, 4) is 5.75 Å². The van der Waals surface area contributed by atoms with Crippen molar-refractivity contribution in [2.45, 2.75) is 114 Å². The average molecular weight is 1120 g/mol. The van der Waals surface area contributed by atoms with E-state index in [1.54, 1.807) is 78.8 Å². The number of carbonyl (C=O) groups excluding carboxylic acids is 9. The highest BCUT2D eigenvalue weighted by molar-refractivity contribution is 8.11. The van der Waals surface area contributed by atoms with Crippen LogP contribution in [0.25, 0.3) is 6.08 Å². The first-order valence-electron chi connectivity index (χ1n) is 26.6. The zero-order valence-corrected chi connectivity index (χ0v) is 47.2. The van der Waals surface area contributed by atoms with Crippen LogP contribution in [0.1, 0.15) is 73.0 Å². The van der Waals surface area contributed by atoms with Crippen molar-refractivity contribution in [1.82, 2.24) is 45.9 Å². The molecule has 0 bridgehead atoms. The summed E-state index contributed by atoms with van der Waals surface area (Å²) >= 11 is 0.910. The minimum atomic E-state index is -1.55. The molecular weight excluding hydrogens is 1050 g/mol. The third-order valence-corrected chi connectivity index (χ3v) is 15.2. The lowest BCUT2D eigenvalue weighted by Gasteiger charge is -2.36. The number of nitrogens with two attached hydrogens (primary N) is 1. The van der Waals surface area contributed by atoms with Gasteiger partial charge in [0.05, 0.1) is 6.04 Å². The summed E-state index contributed by atoms with van der Waals surface area (Å²) in [6.07, 6.45) is 5.22.